The van der Waals surface area contributed by atoms with E-state index in [0.29, 0.717) is 0 Å². The van der Waals surface area contributed by atoms with Gasteiger partial charge in [0.2, 0.25) is 0 Å². The molecule has 12 aromatic rings. The van der Waals surface area contributed by atoms with E-state index in [2.05, 4.69) is 231 Å². The Morgan fingerprint density at radius 1 is 0.406 bits per heavy atom. The molecule has 10 aromatic carbocycles. The maximum absolute atomic E-state index is 6.93. The minimum absolute atomic E-state index is 0.148. The summed E-state index contributed by atoms with van der Waals surface area (Å²) in [5, 5.41) is 7.11. The molecule has 64 heavy (non-hydrogen) atoms. The largest absolute Gasteiger partial charge is 0.455 e. The highest BCUT2D eigenvalue weighted by molar-refractivity contribution is 7.26. The smallest absolute Gasteiger partial charge is 0.143 e. The highest BCUT2D eigenvalue weighted by atomic mass is 32.1. The van der Waals surface area contributed by atoms with Crippen LogP contribution in [0, 0.1) is 0 Å². The first-order valence-corrected chi connectivity index (χ1v) is 22.9. The number of rotatable bonds is 6. The fourth-order valence-corrected chi connectivity index (χ4v) is 11.7. The van der Waals surface area contributed by atoms with E-state index in [0.717, 1.165) is 55.5 Å². The summed E-state index contributed by atoms with van der Waals surface area (Å²) in [6, 6.07) is 77.9. The molecule has 2 nitrogen and oxygen atoms in total. The van der Waals surface area contributed by atoms with Gasteiger partial charge in [0.15, 0.2) is 0 Å². The van der Waals surface area contributed by atoms with Crippen molar-refractivity contribution in [1.29, 1.82) is 0 Å². The molecule has 0 radical (unpaired) electrons. The Bertz CT molecular complexity index is 3800. The van der Waals surface area contributed by atoms with Gasteiger partial charge < -0.3 is 9.32 Å². The molecule has 2 aromatic heterocycles. The van der Waals surface area contributed by atoms with Crippen molar-refractivity contribution < 1.29 is 4.42 Å². The maximum Gasteiger partial charge on any atom is 0.143 e. The molecule has 2 heterocycles. The number of hydrogen-bond acceptors (Lipinski definition) is 3. The molecule has 0 N–H and O–H groups in total. The van der Waals surface area contributed by atoms with Crippen LogP contribution in [-0.4, -0.2) is 0 Å². The zero-order valence-corrected chi connectivity index (χ0v) is 36.3. The van der Waals surface area contributed by atoms with Crippen LogP contribution in [0.15, 0.2) is 217 Å². The number of benzene rings is 10. The molecule has 0 bridgehead atoms. The SMILES string of the molecule is CC1(C)c2ccccc2-c2ccc(-c3cc4oc5c6ccccc6ccc5c4cc3N(c3ccc(-c4ccccc4)cc3)c3ccc(-c4cccc5c4sc4ccccc45)cc3)cc21. The van der Waals surface area contributed by atoms with E-state index in [4.69, 9.17) is 4.42 Å². The lowest BCUT2D eigenvalue weighted by Crippen LogP contribution is -2.15. The average Bonchev–Trinajstić information content (AvgIpc) is 3.99. The third-order valence-electron chi connectivity index (χ3n) is 13.7. The third kappa shape index (κ3) is 5.64. The van der Waals surface area contributed by atoms with E-state index in [1.165, 1.54) is 70.1 Å². The molecule has 1 aliphatic carbocycles. The van der Waals surface area contributed by atoms with E-state index in [-0.39, 0.29) is 5.41 Å². The van der Waals surface area contributed by atoms with Crippen LogP contribution in [0.1, 0.15) is 25.0 Å². The van der Waals surface area contributed by atoms with Crippen molar-refractivity contribution in [2.75, 3.05) is 4.90 Å². The Kier molecular flexibility index (Phi) is 8.16. The summed E-state index contributed by atoms with van der Waals surface area (Å²) in [5.74, 6) is 0. The fraction of sp³-hybridized carbons (Fsp3) is 0.0492. The second kappa shape index (κ2) is 14.2. The van der Waals surface area contributed by atoms with E-state index in [1.54, 1.807) is 0 Å². The summed E-state index contributed by atoms with van der Waals surface area (Å²) in [7, 11) is 0. The van der Waals surface area contributed by atoms with E-state index < -0.39 is 0 Å². The minimum atomic E-state index is -0.148. The molecule has 1 aliphatic rings. The van der Waals surface area contributed by atoms with E-state index >= 15 is 0 Å². The monoisotopic (exact) mass is 835 g/mol. The summed E-state index contributed by atoms with van der Waals surface area (Å²) in [4.78, 5) is 2.44. The number of hydrogen-bond donors (Lipinski definition) is 0. The highest BCUT2D eigenvalue weighted by Gasteiger charge is 2.35. The van der Waals surface area contributed by atoms with Crippen molar-refractivity contribution in [2.45, 2.75) is 19.3 Å². The van der Waals surface area contributed by atoms with Crippen molar-refractivity contribution in [3.63, 3.8) is 0 Å². The summed E-state index contributed by atoms with van der Waals surface area (Å²) in [5.41, 5.74) is 17.3. The Labute approximate surface area is 375 Å². The Hall–Kier alpha value is -7.72. The molecule has 0 saturated heterocycles. The topological polar surface area (TPSA) is 16.4 Å². The Morgan fingerprint density at radius 3 is 1.88 bits per heavy atom. The van der Waals surface area contributed by atoms with E-state index in [1.807, 2.05) is 11.3 Å². The van der Waals surface area contributed by atoms with Gasteiger partial charge in [0.1, 0.15) is 11.2 Å². The van der Waals surface area contributed by atoms with Gasteiger partial charge in [-0.3, -0.25) is 0 Å². The summed E-state index contributed by atoms with van der Waals surface area (Å²) in [6.07, 6.45) is 0. The van der Waals surface area contributed by atoms with Crippen LogP contribution in [0.25, 0.3) is 97.4 Å². The van der Waals surface area contributed by atoms with Crippen LogP contribution in [-0.2, 0) is 5.41 Å². The van der Waals surface area contributed by atoms with Gasteiger partial charge >= 0.3 is 0 Å². The van der Waals surface area contributed by atoms with Crippen molar-refractivity contribution in [3.05, 3.63) is 223 Å². The van der Waals surface area contributed by atoms with Gasteiger partial charge in [0.05, 0.1) is 5.69 Å². The van der Waals surface area contributed by atoms with Gasteiger partial charge in [-0.1, -0.05) is 172 Å². The van der Waals surface area contributed by atoms with Crippen molar-refractivity contribution in [3.8, 4) is 44.5 Å². The molecule has 0 unspecified atom stereocenters. The van der Waals surface area contributed by atoms with Gasteiger partial charge in [-0.2, -0.15) is 0 Å². The normalized spacial score (nSPS) is 13.0. The van der Waals surface area contributed by atoms with Gasteiger partial charge in [-0.15, -0.1) is 11.3 Å². The first-order chi connectivity index (χ1) is 31.5. The maximum atomic E-state index is 6.93. The van der Waals surface area contributed by atoms with Crippen LogP contribution >= 0.6 is 11.3 Å². The van der Waals surface area contributed by atoms with Gasteiger partial charge in [0, 0.05) is 58.7 Å². The second-order valence-corrected chi connectivity index (χ2v) is 18.7. The van der Waals surface area contributed by atoms with Crippen LogP contribution in [0.5, 0.6) is 0 Å². The minimum Gasteiger partial charge on any atom is -0.455 e. The lowest BCUT2D eigenvalue weighted by atomic mass is 9.81. The predicted octanol–water partition coefficient (Wildman–Crippen LogP) is 17.9. The zero-order chi connectivity index (χ0) is 42.5. The molecule has 13 rings (SSSR count). The quantitative estimate of drug-likeness (QED) is 0.166. The fourth-order valence-electron chi connectivity index (χ4n) is 10.5. The van der Waals surface area contributed by atoms with Crippen LogP contribution in [0.3, 0.4) is 0 Å². The summed E-state index contributed by atoms with van der Waals surface area (Å²) >= 11 is 1.87. The van der Waals surface area contributed by atoms with Crippen LogP contribution < -0.4 is 4.90 Å². The highest BCUT2D eigenvalue weighted by Crippen LogP contribution is 2.52. The molecule has 0 saturated carbocycles. The average molecular weight is 836 g/mol. The molecule has 0 aliphatic heterocycles. The zero-order valence-electron chi connectivity index (χ0n) is 35.5. The number of thiophene rings is 1. The van der Waals surface area contributed by atoms with Crippen molar-refractivity contribution in [2.24, 2.45) is 0 Å². The lowest BCUT2D eigenvalue weighted by molar-refractivity contribution is 0.660. The Morgan fingerprint density at radius 2 is 1.05 bits per heavy atom. The molecule has 0 fully saturated rings. The van der Waals surface area contributed by atoms with Gasteiger partial charge in [0.25, 0.3) is 0 Å². The number of nitrogens with zero attached hydrogens (tertiary/aromatic N) is 1. The van der Waals surface area contributed by atoms with Crippen LogP contribution in [0.2, 0.25) is 0 Å². The molecule has 302 valence electrons. The molecule has 3 heteroatoms. The van der Waals surface area contributed by atoms with Crippen LogP contribution in [0.4, 0.5) is 17.1 Å². The number of fused-ring (bicyclic) bond motifs is 11. The lowest BCUT2D eigenvalue weighted by Gasteiger charge is -2.29. The number of furan rings is 1. The summed E-state index contributed by atoms with van der Waals surface area (Å²) in [6.45, 7) is 4.72. The molecular weight excluding hydrogens is 795 g/mol. The Balaban J connectivity index is 1.05. The molecule has 0 amide bonds. The third-order valence-corrected chi connectivity index (χ3v) is 14.9. The van der Waals surface area contributed by atoms with Crippen molar-refractivity contribution >= 4 is 81.3 Å². The van der Waals surface area contributed by atoms with Crippen molar-refractivity contribution in [1.82, 2.24) is 0 Å². The standard InChI is InChI=1S/C61H41NOS/c1-61(2)54-21-10-8-17-47(54)48-33-28-42(35-55(48)61)52-37-57-53(50-34-27-40-15-6-7-16-45(40)59(50)63-57)36-56(52)62(43-29-23-39(24-30-43)38-13-4-3-5-14-38)44-31-25-41(26-32-44)46-19-12-20-51-49-18-9-11-22-58(49)64-60(46)51/h3-37H,1-2H3. The van der Waals surface area contributed by atoms with Gasteiger partial charge in [-0.25, -0.2) is 0 Å². The molecule has 0 spiro atoms. The molecule has 0 atom stereocenters. The summed E-state index contributed by atoms with van der Waals surface area (Å²) < 4.78 is 9.56. The molecular formula is C61H41NOS. The first-order valence-electron chi connectivity index (χ1n) is 22.1. The predicted molar refractivity (Wildman–Crippen MR) is 273 cm³/mol. The number of anilines is 3. The second-order valence-electron chi connectivity index (χ2n) is 17.6. The van der Waals surface area contributed by atoms with Gasteiger partial charge in [-0.05, 0) is 110 Å². The van der Waals surface area contributed by atoms with E-state index in [9.17, 15) is 0 Å². The first kappa shape index (κ1) is 36.9.